The highest BCUT2D eigenvalue weighted by Crippen LogP contribution is 2.45. The van der Waals surface area contributed by atoms with E-state index in [1.807, 2.05) is 23.1 Å². The van der Waals surface area contributed by atoms with Crippen molar-refractivity contribution in [2.45, 2.75) is 12.8 Å². The summed E-state index contributed by atoms with van der Waals surface area (Å²) in [5.41, 5.74) is 1.13. The smallest absolute Gasteiger partial charge is 0.219 e. The summed E-state index contributed by atoms with van der Waals surface area (Å²) in [4.78, 5) is 13.4. The van der Waals surface area contributed by atoms with E-state index in [9.17, 15) is 4.79 Å². The van der Waals surface area contributed by atoms with E-state index in [-0.39, 0.29) is 5.91 Å². The Morgan fingerprint density at radius 2 is 2.28 bits per heavy atom. The van der Waals surface area contributed by atoms with E-state index in [0.717, 1.165) is 30.2 Å². The Hall–Kier alpha value is -1.71. The maximum absolute atomic E-state index is 11.5. The summed E-state index contributed by atoms with van der Waals surface area (Å²) in [6.07, 6.45) is 0. The molecule has 4 nitrogen and oxygen atoms in total. The van der Waals surface area contributed by atoms with Gasteiger partial charge in [-0.2, -0.15) is 0 Å². The van der Waals surface area contributed by atoms with Crippen LogP contribution >= 0.6 is 0 Å². The van der Waals surface area contributed by atoms with Gasteiger partial charge in [0.15, 0.2) is 0 Å². The van der Waals surface area contributed by atoms with Crippen molar-refractivity contribution in [2.75, 3.05) is 26.8 Å². The largest absolute Gasteiger partial charge is 0.496 e. The minimum absolute atomic E-state index is 0.140. The van der Waals surface area contributed by atoms with Gasteiger partial charge in [0, 0.05) is 37.4 Å². The lowest BCUT2D eigenvalue weighted by molar-refractivity contribution is -0.127. The molecule has 2 atom stereocenters. The van der Waals surface area contributed by atoms with E-state index in [1.165, 1.54) is 0 Å². The molecule has 1 fully saturated rings. The number of hydrogen-bond acceptors (Lipinski definition) is 3. The predicted octanol–water partition coefficient (Wildman–Crippen LogP) is 1.65. The van der Waals surface area contributed by atoms with Crippen LogP contribution in [0.2, 0.25) is 0 Å². The summed E-state index contributed by atoms with van der Waals surface area (Å²) in [7, 11) is 1.68. The molecule has 96 valence electrons. The summed E-state index contributed by atoms with van der Waals surface area (Å²) in [6.45, 7) is 3.88. The van der Waals surface area contributed by atoms with Crippen molar-refractivity contribution in [2.24, 2.45) is 5.92 Å². The van der Waals surface area contributed by atoms with E-state index in [4.69, 9.17) is 9.47 Å². The third-order valence-electron chi connectivity index (χ3n) is 3.96. The second-order valence-electron chi connectivity index (χ2n) is 4.97. The van der Waals surface area contributed by atoms with Gasteiger partial charge in [-0.05, 0) is 12.1 Å². The molecular weight excluding hydrogens is 230 g/mol. The van der Waals surface area contributed by atoms with Crippen molar-refractivity contribution >= 4 is 5.91 Å². The maximum Gasteiger partial charge on any atom is 0.219 e. The molecule has 3 rings (SSSR count). The van der Waals surface area contributed by atoms with Gasteiger partial charge in [0.05, 0.1) is 13.7 Å². The highest BCUT2D eigenvalue weighted by atomic mass is 16.5. The van der Waals surface area contributed by atoms with Gasteiger partial charge in [-0.3, -0.25) is 4.79 Å². The Morgan fingerprint density at radius 3 is 3.00 bits per heavy atom. The SMILES string of the molecule is COc1cccc2c1[C@@H]1CN(C(C)=O)C[C@@H]1CO2. The second kappa shape index (κ2) is 4.19. The van der Waals surface area contributed by atoms with Gasteiger partial charge in [0.1, 0.15) is 11.5 Å². The zero-order valence-corrected chi connectivity index (χ0v) is 10.7. The summed E-state index contributed by atoms with van der Waals surface area (Å²) in [5.74, 6) is 2.64. The molecule has 1 aromatic carbocycles. The molecule has 1 aromatic rings. The number of ether oxygens (including phenoxy) is 2. The zero-order chi connectivity index (χ0) is 12.7. The minimum atomic E-state index is 0.140. The minimum Gasteiger partial charge on any atom is -0.496 e. The Balaban J connectivity index is 1.99. The monoisotopic (exact) mass is 247 g/mol. The maximum atomic E-state index is 11.5. The van der Waals surface area contributed by atoms with Crippen LogP contribution in [0.4, 0.5) is 0 Å². The normalized spacial score (nSPS) is 25.1. The van der Waals surface area contributed by atoms with Crippen molar-refractivity contribution < 1.29 is 14.3 Å². The van der Waals surface area contributed by atoms with Crippen LogP contribution in [0.3, 0.4) is 0 Å². The number of carbonyl (C=O) groups is 1. The third-order valence-corrected chi connectivity index (χ3v) is 3.96. The van der Waals surface area contributed by atoms with Gasteiger partial charge in [-0.15, -0.1) is 0 Å². The quantitative estimate of drug-likeness (QED) is 0.757. The molecule has 0 radical (unpaired) electrons. The van der Waals surface area contributed by atoms with E-state index in [2.05, 4.69) is 0 Å². The van der Waals surface area contributed by atoms with Crippen molar-refractivity contribution in [1.82, 2.24) is 4.90 Å². The van der Waals surface area contributed by atoms with Gasteiger partial charge in [0.2, 0.25) is 5.91 Å². The summed E-state index contributed by atoms with van der Waals surface area (Å²) in [5, 5.41) is 0. The molecule has 1 amide bonds. The van der Waals surface area contributed by atoms with Crippen LogP contribution in [-0.4, -0.2) is 37.6 Å². The van der Waals surface area contributed by atoms with E-state index in [1.54, 1.807) is 14.0 Å². The molecular formula is C14H17NO3. The lowest BCUT2D eigenvalue weighted by Crippen LogP contribution is -2.27. The second-order valence-corrected chi connectivity index (χ2v) is 4.97. The summed E-state index contributed by atoms with van der Waals surface area (Å²) in [6, 6.07) is 5.88. The molecule has 0 N–H and O–H groups in total. The van der Waals surface area contributed by atoms with Crippen molar-refractivity contribution in [1.29, 1.82) is 0 Å². The fourth-order valence-electron chi connectivity index (χ4n) is 3.01. The Bertz CT molecular complexity index is 472. The molecule has 0 unspecified atom stereocenters. The number of benzene rings is 1. The number of amides is 1. The fourth-order valence-corrected chi connectivity index (χ4v) is 3.01. The zero-order valence-electron chi connectivity index (χ0n) is 10.7. The van der Waals surface area contributed by atoms with Gasteiger partial charge >= 0.3 is 0 Å². The van der Waals surface area contributed by atoms with Crippen molar-refractivity contribution in [3.63, 3.8) is 0 Å². The summed E-state index contributed by atoms with van der Waals surface area (Å²) >= 11 is 0. The molecule has 1 saturated heterocycles. The number of rotatable bonds is 1. The Kier molecular flexibility index (Phi) is 2.65. The van der Waals surface area contributed by atoms with Gasteiger partial charge < -0.3 is 14.4 Å². The molecule has 2 aliphatic heterocycles. The third kappa shape index (κ3) is 1.64. The van der Waals surface area contributed by atoms with E-state index in [0.29, 0.717) is 18.4 Å². The first-order valence-corrected chi connectivity index (χ1v) is 6.26. The summed E-state index contributed by atoms with van der Waals surface area (Å²) < 4.78 is 11.2. The highest BCUT2D eigenvalue weighted by Gasteiger charge is 2.41. The number of carbonyl (C=O) groups excluding carboxylic acids is 1. The van der Waals surface area contributed by atoms with Crippen LogP contribution in [0.1, 0.15) is 18.4 Å². The van der Waals surface area contributed by atoms with Gasteiger partial charge in [0.25, 0.3) is 0 Å². The first-order valence-electron chi connectivity index (χ1n) is 6.26. The fraction of sp³-hybridized carbons (Fsp3) is 0.500. The van der Waals surface area contributed by atoms with Crippen LogP contribution in [0, 0.1) is 5.92 Å². The van der Waals surface area contributed by atoms with Gasteiger partial charge in [-0.25, -0.2) is 0 Å². The number of nitrogens with zero attached hydrogens (tertiary/aromatic N) is 1. The molecule has 4 heteroatoms. The molecule has 0 bridgehead atoms. The van der Waals surface area contributed by atoms with Crippen LogP contribution in [0.5, 0.6) is 11.5 Å². The first-order chi connectivity index (χ1) is 8.70. The lowest BCUT2D eigenvalue weighted by atomic mass is 9.86. The van der Waals surface area contributed by atoms with Crippen LogP contribution in [0.25, 0.3) is 0 Å². The van der Waals surface area contributed by atoms with Gasteiger partial charge in [-0.1, -0.05) is 6.07 Å². The average Bonchev–Trinajstić information content (AvgIpc) is 2.82. The molecule has 0 aromatic heterocycles. The van der Waals surface area contributed by atoms with Crippen LogP contribution < -0.4 is 9.47 Å². The molecule has 0 saturated carbocycles. The number of likely N-dealkylation sites (tertiary alicyclic amines) is 1. The first kappa shape index (κ1) is 11.4. The predicted molar refractivity (Wildman–Crippen MR) is 67.0 cm³/mol. The molecule has 0 spiro atoms. The Labute approximate surface area is 106 Å². The molecule has 18 heavy (non-hydrogen) atoms. The van der Waals surface area contributed by atoms with Crippen molar-refractivity contribution in [3.8, 4) is 11.5 Å². The number of hydrogen-bond donors (Lipinski definition) is 0. The number of fused-ring (bicyclic) bond motifs is 3. The molecule has 0 aliphatic carbocycles. The van der Waals surface area contributed by atoms with E-state index < -0.39 is 0 Å². The van der Waals surface area contributed by atoms with Crippen LogP contribution in [0.15, 0.2) is 18.2 Å². The average molecular weight is 247 g/mol. The molecule has 2 heterocycles. The standard InChI is InChI=1S/C14H17NO3/c1-9(16)15-6-10-8-18-13-5-3-4-12(17-2)14(13)11(10)7-15/h3-5,10-11H,6-8H2,1-2H3/t10-,11-/m1/s1. The number of methoxy groups -OCH3 is 1. The lowest BCUT2D eigenvalue weighted by Gasteiger charge is -2.28. The topological polar surface area (TPSA) is 38.8 Å². The Morgan fingerprint density at radius 1 is 1.44 bits per heavy atom. The molecule has 2 aliphatic rings. The van der Waals surface area contributed by atoms with E-state index >= 15 is 0 Å². The van der Waals surface area contributed by atoms with Crippen LogP contribution in [-0.2, 0) is 4.79 Å². The van der Waals surface area contributed by atoms with Crippen molar-refractivity contribution in [3.05, 3.63) is 23.8 Å². The highest BCUT2D eigenvalue weighted by molar-refractivity contribution is 5.74.